The maximum absolute atomic E-state index is 4.18. The zero-order valence-electron chi connectivity index (χ0n) is 8.44. The molecule has 1 aliphatic carbocycles. The first-order chi connectivity index (χ1) is 6.84. The third-order valence-electron chi connectivity index (χ3n) is 2.34. The normalized spacial score (nSPS) is 16.4. The van der Waals surface area contributed by atoms with Crippen LogP contribution < -0.4 is 5.32 Å². The monoisotopic (exact) mass is 212 g/mol. The number of nitrogens with zero attached hydrogens (tertiary/aromatic N) is 3. The maximum Gasteiger partial charge on any atom is 0.0882 e. The molecule has 0 spiro atoms. The highest BCUT2D eigenvalue weighted by molar-refractivity contribution is 6.99. The Hall–Kier alpha value is -0.520. The Bertz CT molecular complexity index is 258. The van der Waals surface area contributed by atoms with Gasteiger partial charge in [-0.25, -0.2) is 0 Å². The molecule has 0 radical (unpaired) electrons. The third kappa shape index (κ3) is 3.32. The van der Waals surface area contributed by atoms with Gasteiger partial charge >= 0.3 is 0 Å². The van der Waals surface area contributed by atoms with Gasteiger partial charge in [-0.2, -0.15) is 8.75 Å². The summed E-state index contributed by atoms with van der Waals surface area (Å²) in [5, 5.41) is 3.49. The molecule has 5 heteroatoms. The second-order valence-corrected chi connectivity index (χ2v) is 4.42. The summed E-state index contributed by atoms with van der Waals surface area (Å²) in [6.07, 6.45) is 4.56. The van der Waals surface area contributed by atoms with Gasteiger partial charge in [0.25, 0.3) is 0 Å². The number of hydrogen-bond acceptors (Lipinski definition) is 5. The zero-order valence-corrected chi connectivity index (χ0v) is 9.26. The number of rotatable bonds is 6. The molecule has 0 aromatic carbocycles. The molecule has 0 atom stereocenters. The molecular formula is C9H16N4S. The summed E-state index contributed by atoms with van der Waals surface area (Å²) in [5.74, 6) is 0. The Morgan fingerprint density at radius 3 is 3.14 bits per heavy atom. The second-order valence-electron chi connectivity index (χ2n) is 3.86. The number of hydrogen-bond donors (Lipinski definition) is 1. The van der Waals surface area contributed by atoms with E-state index >= 15 is 0 Å². The fraction of sp³-hybridized carbons (Fsp3) is 0.778. The van der Waals surface area contributed by atoms with E-state index < -0.39 is 0 Å². The van der Waals surface area contributed by atoms with Crippen LogP contribution in [0.2, 0.25) is 0 Å². The molecule has 78 valence electrons. The van der Waals surface area contributed by atoms with Crippen LogP contribution in [-0.2, 0) is 6.54 Å². The predicted molar refractivity (Wildman–Crippen MR) is 57.3 cm³/mol. The van der Waals surface area contributed by atoms with Crippen LogP contribution in [0.1, 0.15) is 18.5 Å². The van der Waals surface area contributed by atoms with Crippen LogP contribution in [-0.4, -0.2) is 39.8 Å². The van der Waals surface area contributed by atoms with E-state index in [2.05, 4.69) is 26.0 Å². The second kappa shape index (κ2) is 4.82. The highest BCUT2D eigenvalue weighted by Gasteiger charge is 2.19. The van der Waals surface area contributed by atoms with Crippen molar-refractivity contribution in [3.8, 4) is 0 Å². The smallest absolute Gasteiger partial charge is 0.0882 e. The zero-order chi connectivity index (χ0) is 9.80. The van der Waals surface area contributed by atoms with Gasteiger partial charge in [0.2, 0.25) is 0 Å². The van der Waals surface area contributed by atoms with Crippen molar-refractivity contribution in [2.75, 3.05) is 20.1 Å². The van der Waals surface area contributed by atoms with E-state index in [1.165, 1.54) is 24.6 Å². The van der Waals surface area contributed by atoms with Crippen molar-refractivity contribution in [2.45, 2.75) is 25.4 Å². The van der Waals surface area contributed by atoms with Gasteiger partial charge in [-0.3, -0.25) is 4.90 Å². The quantitative estimate of drug-likeness (QED) is 0.754. The molecule has 0 amide bonds. The summed E-state index contributed by atoms with van der Waals surface area (Å²) in [5.41, 5.74) is 1.07. The molecule has 1 N–H and O–H groups in total. The fourth-order valence-electron chi connectivity index (χ4n) is 1.36. The van der Waals surface area contributed by atoms with Crippen molar-refractivity contribution >= 4 is 11.7 Å². The Kier molecular flexibility index (Phi) is 3.44. The summed E-state index contributed by atoms with van der Waals surface area (Å²) in [6.45, 7) is 3.07. The van der Waals surface area contributed by atoms with Gasteiger partial charge < -0.3 is 5.32 Å². The van der Waals surface area contributed by atoms with Crippen molar-refractivity contribution in [1.29, 1.82) is 0 Å². The van der Waals surface area contributed by atoms with E-state index in [9.17, 15) is 0 Å². The third-order valence-corrected chi connectivity index (χ3v) is 2.86. The molecule has 2 rings (SSSR count). The van der Waals surface area contributed by atoms with Crippen LogP contribution in [0.5, 0.6) is 0 Å². The molecule has 0 unspecified atom stereocenters. The minimum Gasteiger partial charge on any atom is -0.313 e. The van der Waals surface area contributed by atoms with E-state index in [0.717, 1.165) is 31.4 Å². The minimum absolute atomic E-state index is 0.810. The van der Waals surface area contributed by atoms with Gasteiger partial charge in [0.05, 0.1) is 23.6 Å². The summed E-state index contributed by atoms with van der Waals surface area (Å²) < 4.78 is 8.16. The fourth-order valence-corrected chi connectivity index (χ4v) is 1.78. The standard InChI is InChI=1S/C9H16N4S/c1-13(5-4-10-8-2-3-8)7-9-6-11-14-12-9/h6,8,10H,2-5,7H2,1H3. The molecule has 1 aromatic rings. The Morgan fingerprint density at radius 1 is 1.64 bits per heavy atom. The van der Waals surface area contributed by atoms with E-state index in [-0.39, 0.29) is 0 Å². The Labute approximate surface area is 88.7 Å². The van der Waals surface area contributed by atoms with Crippen LogP contribution in [0.4, 0.5) is 0 Å². The molecule has 0 aliphatic heterocycles. The first-order valence-electron chi connectivity index (χ1n) is 5.03. The van der Waals surface area contributed by atoms with Gasteiger partial charge in [-0.1, -0.05) is 0 Å². The molecule has 1 fully saturated rings. The molecule has 1 aromatic heterocycles. The molecule has 14 heavy (non-hydrogen) atoms. The number of aromatic nitrogens is 2. The Balaban J connectivity index is 1.60. The molecule has 0 saturated heterocycles. The maximum atomic E-state index is 4.18. The van der Waals surface area contributed by atoms with Crippen molar-refractivity contribution < 1.29 is 0 Å². The van der Waals surface area contributed by atoms with Crippen LogP contribution >= 0.6 is 11.7 Å². The largest absolute Gasteiger partial charge is 0.313 e. The van der Waals surface area contributed by atoms with Crippen molar-refractivity contribution in [3.05, 3.63) is 11.9 Å². The highest BCUT2D eigenvalue weighted by atomic mass is 32.1. The van der Waals surface area contributed by atoms with Gasteiger partial charge in [-0.05, 0) is 19.9 Å². The van der Waals surface area contributed by atoms with Crippen molar-refractivity contribution in [1.82, 2.24) is 19.0 Å². The average molecular weight is 212 g/mol. The molecular weight excluding hydrogens is 196 g/mol. The molecule has 0 bridgehead atoms. The summed E-state index contributed by atoms with van der Waals surface area (Å²) in [7, 11) is 2.12. The average Bonchev–Trinajstić information content (AvgIpc) is 2.83. The lowest BCUT2D eigenvalue weighted by Crippen LogP contribution is -2.30. The minimum atomic E-state index is 0.810. The van der Waals surface area contributed by atoms with Crippen molar-refractivity contribution in [3.63, 3.8) is 0 Å². The van der Waals surface area contributed by atoms with Crippen molar-refractivity contribution in [2.24, 2.45) is 0 Å². The van der Waals surface area contributed by atoms with E-state index in [4.69, 9.17) is 0 Å². The topological polar surface area (TPSA) is 41.0 Å². The van der Waals surface area contributed by atoms with E-state index in [1.54, 1.807) is 0 Å². The number of nitrogens with one attached hydrogen (secondary N) is 1. The van der Waals surface area contributed by atoms with Crippen LogP contribution in [0.15, 0.2) is 6.20 Å². The van der Waals surface area contributed by atoms with Gasteiger partial charge in [0, 0.05) is 25.7 Å². The summed E-state index contributed by atoms with van der Waals surface area (Å²) >= 11 is 1.28. The predicted octanol–water partition coefficient (Wildman–Crippen LogP) is 0.722. The molecule has 1 heterocycles. The van der Waals surface area contributed by atoms with Crippen LogP contribution in [0.3, 0.4) is 0 Å². The lowest BCUT2D eigenvalue weighted by atomic mass is 10.4. The Morgan fingerprint density at radius 2 is 2.50 bits per heavy atom. The van der Waals surface area contributed by atoms with Gasteiger partial charge in [-0.15, -0.1) is 0 Å². The van der Waals surface area contributed by atoms with E-state index in [0.29, 0.717) is 0 Å². The van der Waals surface area contributed by atoms with Crippen LogP contribution in [0.25, 0.3) is 0 Å². The van der Waals surface area contributed by atoms with Gasteiger partial charge in [0.1, 0.15) is 0 Å². The first-order valence-corrected chi connectivity index (χ1v) is 5.76. The van der Waals surface area contributed by atoms with Crippen LogP contribution in [0, 0.1) is 0 Å². The summed E-state index contributed by atoms with van der Waals surface area (Å²) in [4.78, 5) is 2.27. The van der Waals surface area contributed by atoms with E-state index in [1.807, 2.05) is 6.20 Å². The van der Waals surface area contributed by atoms with Gasteiger partial charge in [0.15, 0.2) is 0 Å². The lowest BCUT2D eigenvalue weighted by Gasteiger charge is -2.14. The first kappa shape index (κ1) is 10.0. The molecule has 1 aliphatic rings. The SMILES string of the molecule is CN(CCNC1CC1)Cc1cnsn1. The molecule has 1 saturated carbocycles. The number of likely N-dealkylation sites (N-methyl/N-ethyl adjacent to an activating group) is 1. The summed E-state index contributed by atoms with van der Waals surface area (Å²) in [6, 6.07) is 0.810. The highest BCUT2D eigenvalue weighted by Crippen LogP contribution is 2.17. The lowest BCUT2D eigenvalue weighted by molar-refractivity contribution is 0.321. The molecule has 4 nitrogen and oxygen atoms in total.